The molecule has 1 atom stereocenters. The van der Waals surface area contributed by atoms with Crippen molar-refractivity contribution in [1.29, 1.82) is 0 Å². The van der Waals surface area contributed by atoms with Crippen LogP contribution in [0.25, 0.3) is 0 Å². The van der Waals surface area contributed by atoms with Crippen LogP contribution in [-0.2, 0) is 4.79 Å². The number of hydrogen-bond acceptors (Lipinski definition) is 4. The van der Waals surface area contributed by atoms with Gasteiger partial charge in [0, 0.05) is 5.02 Å². The van der Waals surface area contributed by atoms with Crippen LogP contribution in [0, 0.1) is 6.92 Å². The van der Waals surface area contributed by atoms with Crippen molar-refractivity contribution < 1.29 is 9.90 Å². The lowest BCUT2D eigenvalue weighted by Crippen LogP contribution is -2.24. The van der Waals surface area contributed by atoms with E-state index in [1.807, 2.05) is 12.1 Å². The van der Waals surface area contributed by atoms with Crippen LogP contribution in [0.3, 0.4) is 0 Å². The molecular formula is C13H11ClN4O2. The van der Waals surface area contributed by atoms with Crippen LogP contribution in [0.1, 0.15) is 17.4 Å². The van der Waals surface area contributed by atoms with Gasteiger partial charge < -0.3 is 10.4 Å². The average molecular weight is 291 g/mol. The summed E-state index contributed by atoms with van der Waals surface area (Å²) in [5.74, 6) is -0.0594. The number of hydrogen-bond donors (Lipinski definition) is 2. The number of carboxylic acids is 1. The van der Waals surface area contributed by atoms with Crippen molar-refractivity contribution in [3.8, 4) is 0 Å². The lowest BCUT2D eigenvalue weighted by atomic mass is 10.0. The number of aryl methyl sites for hydroxylation is 1. The molecule has 0 bridgehead atoms. The zero-order valence-corrected chi connectivity index (χ0v) is 11.3. The minimum Gasteiger partial charge on any atom is -0.477 e. The van der Waals surface area contributed by atoms with E-state index in [9.17, 15) is 9.90 Å². The molecule has 1 aromatic carbocycles. The summed E-state index contributed by atoms with van der Waals surface area (Å²) in [5.41, 5.74) is 0.929. The number of aromatic nitrogens is 3. The number of aliphatic carboxylic acids is 1. The molecule has 102 valence electrons. The molecule has 1 aliphatic rings. The maximum absolute atomic E-state index is 11.2. The van der Waals surface area contributed by atoms with E-state index in [0.29, 0.717) is 16.8 Å². The van der Waals surface area contributed by atoms with E-state index in [1.54, 1.807) is 29.8 Å². The van der Waals surface area contributed by atoms with Crippen molar-refractivity contribution in [2.45, 2.75) is 13.0 Å². The number of benzene rings is 1. The first kappa shape index (κ1) is 12.7. The lowest BCUT2D eigenvalue weighted by molar-refractivity contribution is -0.132. The van der Waals surface area contributed by atoms with E-state index in [1.165, 1.54) is 0 Å². The van der Waals surface area contributed by atoms with Crippen molar-refractivity contribution in [2.75, 3.05) is 5.32 Å². The molecule has 0 radical (unpaired) electrons. The molecule has 0 fully saturated rings. The van der Waals surface area contributed by atoms with Gasteiger partial charge in [0.25, 0.3) is 0 Å². The Morgan fingerprint density at radius 3 is 3.00 bits per heavy atom. The summed E-state index contributed by atoms with van der Waals surface area (Å²) in [7, 11) is 0. The molecule has 0 saturated carbocycles. The maximum Gasteiger partial charge on any atom is 0.352 e. The molecule has 6 nitrogen and oxygen atoms in total. The Hall–Kier alpha value is -2.34. The summed E-state index contributed by atoms with van der Waals surface area (Å²) in [4.78, 5) is 15.4. The Morgan fingerprint density at radius 1 is 1.50 bits per heavy atom. The topological polar surface area (TPSA) is 80.0 Å². The third kappa shape index (κ3) is 2.14. The Kier molecular flexibility index (Phi) is 2.94. The summed E-state index contributed by atoms with van der Waals surface area (Å²) in [6.45, 7) is 1.75. The zero-order valence-electron chi connectivity index (χ0n) is 10.5. The van der Waals surface area contributed by atoms with Crippen LogP contribution in [0.2, 0.25) is 5.02 Å². The first-order valence-corrected chi connectivity index (χ1v) is 6.33. The van der Waals surface area contributed by atoms with Gasteiger partial charge in [-0.3, -0.25) is 0 Å². The van der Waals surface area contributed by atoms with E-state index < -0.39 is 5.97 Å². The summed E-state index contributed by atoms with van der Waals surface area (Å²) < 4.78 is 1.65. The molecule has 1 aromatic heterocycles. The average Bonchev–Trinajstić information content (AvgIpc) is 2.77. The smallest absolute Gasteiger partial charge is 0.352 e. The molecule has 2 aromatic rings. The second-order valence-electron chi connectivity index (χ2n) is 4.44. The van der Waals surface area contributed by atoms with Crippen LogP contribution in [0.5, 0.6) is 0 Å². The van der Waals surface area contributed by atoms with Crippen molar-refractivity contribution in [3.63, 3.8) is 0 Å². The van der Waals surface area contributed by atoms with Crippen LogP contribution in [-0.4, -0.2) is 25.8 Å². The maximum atomic E-state index is 11.2. The Morgan fingerprint density at radius 2 is 2.30 bits per heavy atom. The fourth-order valence-corrected chi connectivity index (χ4v) is 2.35. The Bertz CT molecular complexity index is 723. The molecule has 2 N–H and O–H groups in total. The van der Waals surface area contributed by atoms with E-state index in [0.717, 1.165) is 5.56 Å². The van der Waals surface area contributed by atoms with Crippen molar-refractivity contribution in [3.05, 3.63) is 52.4 Å². The minimum absolute atomic E-state index is 0.0786. The number of allylic oxidation sites excluding steroid dienone is 1. The number of carboxylic acid groups (broad SMARTS) is 1. The number of anilines is 1. The van der Waals surface area contributed by atoms with Crippen LogP contribution < -0.4 is 5.32 Å². The SMILES string of the molecule is Cc1nc2n(n1)[C@H](c1cccc(Cl)c1)C=C(C(=O)O)N2. The molecule has 0 amide bonds. The fraction of sp³-hybridized carbons (Fsp3) is 0.154. The van der Waals surface area contributed by atoms with Gasteiger partial charge in [-0.05, 0) is 30.7 Å². The van der Waals surface area contributed by atoms with Crippen molar-refractivity contribution in [2.24, 2.45) is 0 Å². The standard InChI is InChI=1S/C13H11ClN4O2/c1-7-15-13-16-10(12(19)20)6-11(18(13)17-7)8-3-2-4-9(14)5-8/h2-6,11H,1H3,(H,19,20)(H,15,16,17)/t11-/m0/s1. The van der Waals surface area contributed by atoms with Crippen molar-refractivity contribution >= 4 is 23.5 Å². The highest BCUT2D eigenvalue weighted by molar-refractivity contribution is 6.30. The summed E-state index contributed by atoms with van der Waals surface area (Å²) in [5, 5.41) is 16.8. The third-order valence-electron chi connectivity index (χ3n) is 2.99. The van der Waals surface area contributed by atoms with Crippen molar-refractivity contribution in [1.82, 2.24) is 14.8 Å². The van der Waals surface area contributed by atoms with Gasteiger partial charge in [-0.15, -0.1) is 0 Å². The van der Waals surface area contributed by atoms with Gasteiger partial charge >= 0.3 is 5.97 Å². The normalized spacial score (nSPS) is 17.1. The molecule has 7 heteroatoms. The van der Waals surface area contributed by atoms with E-state index in [2.05, 4.69) is 15.4 Å². The van der Waals surface area contributed by atoms with Gasteiger partial charge in [-0.2, -0.15) is 10.1 Å². The van der Waals surface area contributed by atoms with E-state index in [-0.39, 0.29) is 11.7 Å². The molecule has 0 saturated heterocycles. The second-order valence-corrected chi connectivity index (χ2v) is 4.87. The van der Waals surface area contributed by atoms with Gasteiger partial charge in [0.2, 0.25) is 5.95 Å². The monoisotopic (exact) mass is 290 g/mol. The third-order valence-corrected chi connectivity index (χ3v) is 3.23. The molecule has 0 aliphatic carbocycles. The largest absolute Gasteiger partial charge is 0.477 e. The highest BCUT2D eigenvalue weighted by Gasteiger charge is 2.26. The number of nitrogens with one attached hydrogen (secondary N) is 1. The van der Waals surface area contributed by atoms with Gasteiger partial charge in [-0.1, -0.05) is 23.7 Å². The van der Waals surface area contributed by atoms with Gasteiger partial charge in [-0.25, -0.2) is 9.48 Å². The number of rotatable bonds is 2. The zero-order chi connectivity index (χ0) is 14.3. The minimum atomic E-state index is -1.04. The first-order valence-electron chi connectivity index (χ1n) is 5.95. The van der Waals surface area contributed by atoms with E-state index in [4.69, 9.17) is 11.6 Å². The Balaban J connectivity index is 2.14. The fourth-order valence-electron chi connectivity index (χ4n) is 2.15. The highest BCUT2D eigenvalue weighted by atomic mass is 35.5. The van der Waals surface area contributed by atoms with Gasteiger partial charge in [0.15, 0.2) is 0 Å². The van der Waals surface area contributed by atoms with Gasteiger partial charge in [0.1, 0.15) is 17.6 Å². The number of nitrogens with zero attached hydrogens (tertiary/aromatic N) is 3. The van der Waals surface area contributed by atoms with E-state index >= 15 is 0 Å². The molecular weight excluding hydrogens is 280 g/mol. The van der Waals surface area contributed by atoms with Crippen LogP contribution >= 0.6 is 11.6 Å². The number of halogens is 1. The Labute approximate surface area is 119 Å². The number of carbonyl (C=O) groups is 1. The summed E-state index contributed by atoms with van der Waals surface area (Å²) in [6, 6.07) is 6.89. The van der Waals surface area contributed by atoms with Crippen LogP contribution in [0.15, 0.2) is 36.0 Å². The molecule has 1 aliphatic heterocycles. The summed E-state index contributed by atoms with van der Waals surface area (Å²) in [6.07, 6.45) is 1.59. The quantitative estimate of drug-likeness (QED) is 0.886. The highest BCUT2D eigenvalue weighted by Crippen LogP contribution is 2.29. The predicted octanol–water partition coefficient (Wildman–Crippen LogP) is 2.22. The lowest BCUT2D eigenvalue weighted by Gasteiger charge is -2.22. The summed E-state index contributed by atoms with van der Waals surface area (Å²) >= 11 is 6.00. The molecule has 20 heavy (non-hydrogen) atoms. The molecule has 0 spiro atoms. The molecule has 2 heterocycles. The predicted molar refractivity (Wildman–Crippen MR) is 73.7 cm³/mol. The first-order chi connectivity index (χ1) is 9.54. The van der Waals surface area contributed by atoms with Gasteiger partial charge in [0.05, 0.1) is 0 Å². The second kappa shape index (κ2) is 4.64. The van der Waals surface area contributed by atoms with Crippen LogP contribution in [0.4, 0.5) is 5.95 Å². The molecule has 3 rings (SSSR count). The molecule has 0 unspecified atom stereocenters. The number of fused-ring (bicyclic) bond motifs is 1.